The van der Waals surface area contributed by atoms with Crippen LogP contribution in [-0.2, 0) is 0 Å². The fraction of sp³-hybridized carbons (Fsp3) is 0. The largest absolute Gasteiger partial charge is 0.309 e. The maximum Gasteiger partial charge on any atom is 0.0717 e. The summed E-state index contributed by atoms with van der Waals surface area (Å²) in [7, 11) is 0. The molecule has 0 bridgehead atoms. The van der Waals surface area contributed by atoms with Crippen LogP contribution in [-0.4, -0.2) is 23.3 Å². The molecule has 372 valence electrons. The quantitative estimate of drug-likeness (QED) is 0.157. The summed E-state index contributed by atoms with van der Waals surface area (Å²) < 4.78 is 9.74. The van der Waals surface area contributed by atoms with Gasteiger partial charge in [-0.15, -0.1) is 0 Å². The van der Waals surface area contributed by atoms with Crippen LogP contribution < -0.4 is 0 Å². The van der Waals surface area contributed by atoms with Gasteiger partial charge in [0.2, 0.25) is 0 Å². The van der Waals surface area contributed by atoms with E-state index in [2.05, 4.69) is 303 Å². The van der Waals surface area contributed by atoms with Gasteiger partial charge in [-0.25, -0.2) is 4.98 Å². The van der Waals surface area contributed by atoms with Gasteiger partial charge in [0.05, 0.1) is 55.3 Å². The lowest BCUT2D eigenvalue weighted by molar-refractivity contribution is 1.13. The second-order valence-corrected chi connectivity index (χ2v) is 21.1. The Morgan fingerprint density at radius 2 is 0.500 bits per heavy atom. The molecule has 5 heterocycles. The summed E-state index contributed by atoms with van der Waals surface area (Å²) in [4.78, 5) is 5.69. The highest BCUT2D eigenvalue weighted by Gasteiger charge is 2.21. The molecule has 5 heteroatoms. The molecule has 0 fully saturated rings. The first-order valence-corrected chi connectivity index (χ1v) is 27.4. The van der Waals surface area contributed by atoms with Crippen LogP contribution in [0.15, 0.2) is 285 Å². The number of hydrogen-bond donors (Lipinski definition) is 0. The van der Waals surface area contributed by atoms with Gasteiger partial charge in [-0.3, -0.25) is 0 Å². The molecule has 80 heavy (non-hydrogen) atoms. The molecule has 0 amide bonds. The molecule has 0 aliphatic heterocycles. The van der Waals surface area contributed by atoms with E-state index in [1.54, 1.807) is 0 Å². The molecule has 0 radical (unpaired) electrons. The number of hydrogen-bond acceptors (Lipinski definition) is 1. The average Bonchev–Trinajstić information content (AvgIpc) is 4.34. The van der Waals surface area contributed by atoms with Crippen molar-refractivity contribution in [2.45, 2.75) is 0 Å². The first-order chi connectivity index (χ1) is 39.7. The Balaban J connectivity index is 0.915. The van der Waals surface area contributed by atoms with E-state index < -0.39 is 0 Å². The number of fused-ring (bicyclic) bond motifs is 13. The van der Waals surface area contributed by atoms with E-state index in [4.69, 9.17) is 4.98 Å². The van der Waals surface area contributed by atoms with E-state index >= 15 is 0 Å². The van der Waals surface area contributed by atoms with E-state index in [-0.39, 0.29) is 0 Å². The van der Waals surface area contributed by atoms with Gasteiger partial charge < -0.3 is 18.3 Å². The van der Waals surface area contributed by atoms with E-state index in [0.29, 0.717) is 0 Å². The normalized spacial score (nSPS) is 12.0. The molecule has 0 aliphatic rings. The number of pyridine rings is 1. The van der Waals surface area contributed by atoms with E-state index in [0.717, 1.165) is 89.2 Å². The molecule has 0 spiro atoms. The summed E-state index contributed by atoms with van der Waals surface area (Å²) in [5.74, 6) is 0. The van der Waals surface area contributed by atoms with Crippen LogP contribution in [0.4, 0.5) is 0 Å². The SMILES string of the molecule is c1ccc(-c2cc(-c3cc(-n4c5ccccc5c5ccccc54)cc(-n4c5ccccc5c5ccccc54)c3)nc3ccc(-c4cc(-n5c6ccccc6c6ccccc65)cc(-n5c6ccccc6c6ccccc65)c4)cc23)cc1. The third kappa shape index (κ3) is 6.68. The first kappa shape index (κ1) is 44.4. The van der Waals surface area contributed by atoms with Crippen molar-refractivity contribution in [1.82, 2.24) is 23.3 Å². The van der Waals surface area contributed by atoms with Crippen LogP contribution in [0.25, 0.3) is 154 Å². The third-order valence-electron chi connectivity index (χ3n) is 16.7. The van der Waals surface area contributed by atoms with Crippen LogP contribution >= 0.6 is 0 Å². The molecule has 17 aromatic rings. The lowest BCUT2D eigenvalue weighted by Crippen LogP contribution is -2.01. The lowest BCUT2D eigenvalue weighted by Gasteiger charge is -2.18. The highest BCUT2D eigenvalue weighted by Crippen LogP contribution is 2.43. The van der Waals surface area contributed by atoms with Gasteiger partial charge in [0.15, 0.2) is 0 Å². The maximum atomic E-state index is 5.69. The van der Waals surface area contributed by atoms with Crippen LogP contribution in [0.5, 0.6) is 0 Å². The second kappa shape index (κ2) is 17.4. The number of benzene rings is 12. The molecule has 0 saturated carbocycles. The summed E-state index contributed by atoms with van der Waals surface area (Å²) in [6.07, 6.45) is 0. The Labute approximate surface area is 460 Å². The third-order valence-corrected chi connectivity index (χ3v) is 16.7. The van der Waals surface area contributed by atoms with E-state index in [9.17, 15) is 0 Å². The predicted molar refractivity (Wildman–Crippen MR) is 335 cm³/mol. The van der Waals surface area contributed by atoms with Crippen molar-refractivity contribution in [3.05, 3.63) is 285 Å². The molecular weight excluding hydrogens is 971 g/mol. The molecule has 0 unspecified atom stereocenters. The highest BCUT2D eigenvalue weighted by atomic mass is 15.0. The smallest absolute Gasteiger partial charge is 0.0717 e. The summed E-state index contributed by atoms with van der Waals surface area (Å²) in [5, 5.41) is 10.9. The van der Waals surface area contributed by atoms with Gasteiger partial charge in [-0.2, -0.15) is 0 Å². The summed E-state index contributed by atoms with van der Waals surface area (Å²) in [6, 6.07) is 104. The van der Waals surface area contributed by atoms with Crippen LogP contribution in [0.1, 0.15) is 0 Å². The predicted octanol–water partition coefficient (Wildman–Crippen LogP) is 19.6. The van der Waals surface area contributed by atoms with Crippen LogP contribution in [0, 0.1) is 0 Å². The molecule has 5 nitrogen and oxygen atoms in total. The zero-order valence-corrected chi connectivity index (χ0v) is 43.4. The second-order valence-electron chi connectivity index (χ2n) is 21.1. The zero-order chi connectivity index (χ0) is 52.4. The minimum atomic E-state index is 0.899. The van der Waals surface area contributed by atoms with Gasteiger partial charge in [0.1, 0.15) is 0 Å². The Hall–Kier alpha value is -10.8. The van der Waals surface area contributed by atoms with Crippen molar-refractivity contribution in [3.8, 4) is 56.3 Å². The van der Waals surface area contributed by atoms with Crippen molar-refractivity contribution in [2.75, 3.05) is 0 Å². The van der Waals surface area contributed by atoms with Crippen molar-refractivity contribution in [1.29, 1.82) is 0 Å². The minimum absolute atomic E-state index is 0.899. The molecule has 12 aromatic carbocycles. The number of aromatic nitrogens is 5. The fourth-order valence-corrected chi connectivity index (χ4v) is 13.2. The number of nitrogens with zero attached hydrogens (tertiary/aromatic N) is 5. The summed E-state index contributed by atoms with van der Waals surface area (Å²) in [6.45, 7) is 0. The summed E-state index contributed by atoms with van der Waals surface area (Å²) in [5.41, 5.74) is 21.0. The van der Waals surface area contributed by atoms with Gasteiger partial charge in [-0.05, 0) is 125 Å². The maximum absolute atomic E-state index is 5.69. The Kier molecular flexibility index (Phi) is 9.64. The van der Waals surface area contributed by atoms with Crippen molar-refractivity contribution >= 4 is 98.1 Å². The van der Waals surface area contributed by atoms with Gasteiger partial charge >= 0.3 is 0 Å². The first-order valence-electron chi connectivity index (χ1n) is 27.4. The molecule has 17 rings (SSSR count). The standard InChI is InChI=1S/C75H47N5/c1-2-20-48(21-3-1)64-47-67(51-42-54(79-72-34-16-8-26-60(72)61-27-9-17-35-73(61)79)46-55(43-51)80-74-36-18-10-28-62(74)63-29-11-19-37-75(63)80)76-66-39-38-49(44-65(64)66)50-40-52(77-68-30-12-4-22-56(68)57-23-5-13-31-69(57)77)45-53(41-50)78-70-32-14-6-24-58(70)59-25-7-15-33-71(59)78/h1-47H. The Morgan fingerprint density at radius 1 is 0.200 bits per heavy atom. The Bertz CT molecular complexity index is 4900. The Morgan fingerprint density at radius 3 is 0.838 bits per heavy atom. The molecule has 5 aromatic heterocycles. The molecular formula is C75H47N5. The number of rotatable bonds is 7. The van der Waals surface area contributed by atoms with Gasteiger partial charge in [0.25, 0.3) is 0 Å². The van der Waals surface area contributed by atoms with Gasteiger partial charge in [-0.1, -0.05) is 182 Å². The molecule has 0 aliphatic carbocycles. The van der Waals surface area contributed by atoms with Gasteiger partial charge in [0, 0.05) is 76.8 Å². The van der Waals surface area contributed by atoms with Crippen molar-refractivity contribution < 1.29 is 0 Å². The lowest BCUT2D eigenvalue weighted by atomic mass is 9.95. The monoisotopic (exact) mass is 1020 g/mol. The molecule has 0 saturated heterocycles. The zero-order valence-electron chi connectivity index (χ0n) is 43.4. The minimum Gasteiger partial charge on any atom is -0.309 e. The fourth-order valence-electron chi connectivity index (χ4n) is 13.2. The van der Waals surface area contributed by atoms with E-state index in [1.165, 1.54) is 65.2 Å². The van der Waals surface area contributed by atoms with Crippen LogP contribution in [0.3, 0.4) is 0 Å². The van der Waals surface area contributed by atoms with Crippen LogP contribution in [0.2, 0.25) is 0 Å². The molecule has 0 atom stereocenters. The molecule has 0 N–H and O–H groups in total. The van der Waals surface area contributed by atoms with Crippen molar-refractivity contribution in [3.63, 3.8) is 0 Å². The number of para-hydroxylation sites is 8. The topological polar surface area (TPSA) is 32.6 Å². The van der Waals surface area contributed by atoms with E-state index in [1.807, 2.05) is 0 Å². The van der Waals surface area contributed by atoms with Crippen molar-refractivity contribution in [2.24, 2.45) is 0 Å². The highest BCUT2D eigenvalue weighted by molar-refractivity contribution is 6.13. The summed E-state index contributed by atoms with van der Waals surface area (Å²) >= 11 is 0. The average molecular weight is 1020 g/mol.